The standard InChI is InChI=1S/C14H11N3O2S/c15-8-11-6-7-12(20-11)14(19)16-9-13(18)17-10-4-2-1-3-5-10/h1-7H,9H2,(H,16,19)(H,17,18). The molecule has 2 N–H and O–H groups in total. The molecule has 6 heteroatoms. The lowest BCUT2D eigenvalue weighted by atomic mass is 10.3. The second kappa shape index (κ2) is 6.50. The molecule has 0 atom stereocenters. The molecule has 0 saturated heterocycles. The molecule has 1 heterocycles. The first-order chi connectivity index (χ1) is 9.69. The summed E-state index contributed by atoms with van der Waals surface area (Å²) in [5.41, 5.74) is 0.676. The van der Waals surface area contributed by atoms with Crippen LogP contribution in [0.4, 0.5) is 5.69 Å². The number of nitrogens with zero attached hydrogens (tertiary/aromatic N) is 1. The summed E-state index contributed by atoms with van der Waals surface area (Å²) < 4.78 is 0. The van der Waals surface area contributed by atoms with Crippen molar-refractivity contribution >= 4 is 28.8 Å². The highest BCUT2D eigenvalue weighted by Crippen LogP contribution is 2.14. The molecule has 0 saturated carbocycles. The van der Waals surface area contributed by atoms with Gasteiger partial charge >= 0.3 is 0 Å². The number of thiophene rings is 1. The van der Waals surface area contributed by atoms with Gasteiger partial charge in [-0.3, -0.25) is 9.59 Å². The third kappa shape index (κ3) is 3.67. The topological polar surface area (TPSA) is 82.0 Å². The number of carbonyl (C=O) groups is 2. The number of anilines is 1. The number of rotatable bonds is 4. The Morgan fingerprint density at radius 1 is 1.15 bits per heavy atom. The highest BCUT2D eigenvalue weighted by atomic mass is 32.1. The molecule has 20 heavy (non-hydrogen) atoms. The van der Waals surface area contributed by atoms with E-state index in [0.29, 0.717) is 15.4 Å². The van der Waals surface area contributed by atoms with Crippen LogP contribution >= 0.6 is 11.3 Å². The van der Waals surface area contributed by atoms with Gasteiger partial charge in [0.15, 0.2) is 0 Å². The van der Waals surface area contributed by atoms with E-state index in [2.05, 4.69) is 10.6 Å². The zero-order chi connectivity index (χ0) is 14.4. The third-order valence-corrected chi connectivity index (χ3v) is 3.40. The summed E-state index contributed by atoms with van der Waals surface area (Å²) in [7, 11) is 0. The average Bonchev–Trinajstić information content (AvgIpc) is 2.95. The summed E-state index contributed by atoms with van der Waals surface area (Å²) >= 11 is 1.09. The SMILES string of the molecule is N#Cc1ccc(C(=O)NCC(=O)Nc2ccccc2)s1. The van der Waals surface area contributed by atoms with Crippen molar-refractivity contribution in [3.8, 4) is 6.07 Å². The van der Waals surface area contributed by atoms with Crippen molar-refractivity contribution in [2.75, 3.05) is 11.9 Å². The van der Waals surface area contributed by atoms with Gasteiger partial charge in [-0.25, -0.2) is 0 Å². The minimum absolute atomic E-state index is 0.118. The van der Waals surface area contributed by atoms with Crippen LogP contribution in [0.5, 0.6) is 0 Å². The lowest BCUT2D eigenvalue weighted by molar-refractivity contribution is -0.115. The van der Waals surface area contributed by atoms with Gasteiger partial charge in [0, 0.05) is 5.69 Å². The molecular weight excluding hydrogens is 274 g/mol. The molecule has 1 aromatic heterocycles. The molecule has 0 spiro atoms. The maximum atomic E-state index is 11.7. The van der Waals surface area contributed by atoms with E-state index in [1.54, 1.807) is 24.3 Å². The minimum Gasteiger partial charge on any atom is -0.342 e. The molecule has 1 aromatic carbocycles. The summed E-state index contributed by atoms with van der Waals surface area (Å²) in [4.78, 5) is 24.2. The zero-order valence-corrected chi connectivity index (χ0v) is 11.2. The molecule has 0 aliphatic carbocycles. The van der Waals surface area contributed by atoms with E-state index in [-0.39, 0.29) is 18.4 Å². The van der Waals surface area contributed by atoms with Crippen molar-refractivity contribution in [2.45, 2.75) is 0 Å². The Morgan fingerprint density at radius 3 is 2.55 bits per heavy atom. The van der Waals surface area contributed by atoms with E-state index < -0.39 is 0 Å². The van der Waals surface area contributed by atoms with Gasteiger partial charge in [-0.2, -0.15) is 5.26 Å². The fraction of sp³-hybridized carbons (Fsp3) is 0.0714. The minimum atomic E-state index is -0.361. The van der Waals surface area contributed by atoms with Gasteiger partial charge in [0.05, 0.1) is 11.4 Å². The number of hydrogen-bond donors (Lipinski definition) is 2. The van der Waals surface area contributed by atoms with Crippen LogP contribution in [0.15, 0.2) is 42.5 Å². The van der Waals surface area contributed by atoms with Crippen LogP contribution < -0.4 is 10.6 Å². The van der Waals surface area contributed by atoms with Gasteiger partial charge in [0.2, 0.25) is 5.91 Å². The van der Waals surface area contributed by atoms with Crippen LogP contribution in [0, 0.1) is 11.3 Å². The third-order valence-electron chi connectivity index (χ3n) is 2.41. The van der Waals surface area contributed by atoms with Crippen molar-refractivity contribution in [1.29, 1.82) is 5.26 Å². The molecule has 0 aliphatic heterocycles. The first-order valence-electron chi connectivity index (χ1n) is 5.82. The fourth-order valence-corrected chi connectivity index (χ4v) is 2.21. The summed E-state index contributed by atoms with van der Waals surface area (Å²) in [6, 6.07) is 14.1. The van der Waals surface area contributed by atoms with Crippen LogP contribution in [0.25, 0.3) is 0 Å². The lowest BCUT2D eigenvalue weighted by Gasteiger charge is -2.05. The van der Waals surface area contributed by atoms with E-state index in [4.69, 9.17) is 5.26 Å². The molecule has 5 nitrogen and oxygen atoms in total. The van der Waals surface area contributed by atoms with Gasteiger partial charge in [0.25, 0.3) is 5.91 Å². The van der Waals surface area contributed by atoms with E-state index in [1.807, 2.05) is 24.3 Å². The molecular formula is C14H11N3O2S. The van der Waals surface area contributed by atoms with Crippen molar-refractivity contribution in [2.24, 2.45) is 0 Å². The maximum Gasteiger partial charge on any atom is 0.261 e. The quantitative estimate of drug-likeness (QED) is 0.901. The summed E-state index contributed by atoms with van der Waals surface area (Å²) in [6.45, 7) is -0.118. The Hall–Kier alpha value is -2.65. The van der Waals surface area contributed by atoms with Gasteiger partial charge in [0.1, 0.15) is 10.9 Å². The fourth-order valence-electron chi connectivity index (χ4n) is 1.49. The smallest absolute Gasteiger partial charge is 0.261 e. The second-order valence-electron chi connectivity index (χ2n) is 3.87. The summed E-state index contributed by atoms with van der Waals surface area (Å²) in [5.74, 6) is -0.665. The molecule has 2 aromatic rings. The second-order valence-corrected chi connectivity index (χ2v) is 4.96. The van der Waals surface area contributed by atoms with Crippen molar-refractivity contribution in [1.82, 2.24) is 5.32 Å². The van der Waals surface area contributed by atoms with Gasteiger partial charge in [-0.1, -0.05) is 18.2 Å². The summed E-state index contributed by atoms with van der Waals surface area (Å²) in [6.07, 6.45) is 0. The van der Waals surface area contributed by atoms with E-state index in [9.17, 15) is 9.59 Å². The van der Waals surface area contributed by atoms with Crippen LogP contribution in [-0.4, -0.2) is 18.4 Å². The Bertz CT molecular complexity index is 659. The molecule has 0 unspecified atom stereocenters. The zero-order valence-electron chi connectivity index (χ0n) is 10.4. The maximum absolute atomic E-state index is 11.7. The van der Waals surface area contributed by atoms with Crippen molar-refractivity contribution in [3.05, 3.63) is 52.2 Å². The van der Waals surface area contributed by atoms with Crippen LogP contribution in [0.3, 0.4) is 0 Å². The Labute approximate surface area is 119 Å². The Kier molecular flexibility index (Phi) is 4.47. The monoisotopic (exact) mass is 285 g/mol. The Balaban J connectivity index is 1.84. The van der Waals surface area contributed by atoms with Crippen LogP contribution in [0.2, 0.25) is 0 Å². The number of para-hydroxylation sites is 1. The van der Waals surface area contributed by atoms with E-state index in [0.717, 1.165) is 11.3 Å². The van der Waals surface area contributed by atoms with Gasteiger partial charge < -0.3 is 10.6 Å². The molecule has 2 amide bonds. The van der Waals surface area contributed by atoms with Gasteiger partial charge in [-0.05, 0) is 24.3 Å². The molecule has 0 aliphatic rings. The average molecular weight is 285 g/mol. The van der Waals surface area contributed by atoms with Crippen LogP contribution in [0.1, 0.15) is 14.5 Å². The number of nitrogens with one attached hydrogen (secondary N) is 2. The molecule has 0 radical (unpaired) electrons. The lowest BCUT2D eigenvalue weighted by Crippen LogP contribution is -2.32. The number of hydrogen-bond acceptors (Lipinski definition) is 4. The largest absolute Gasteiger partial charge is 0.342 e. The predicted molar refractivity (Wildman–Crippen MR) is 76.4 cm³/mol. The highest BCUT2D eigenvalue weighted by molar-refractivity contribution is 7.14. The number of nitriles is 1. The normalized spacial score (nSPS) is 9.55. The molecule has 0 bridgehead atoms. The molecule has 100 valence electrons. The first kappa shape index (κ1) is 13.8. The molecule has 0 fully saturated rings. The molecule has 2 rings (SSSR count). The first-order valence-corrected chi connectivity index (χ1v) is 6.64. The van der Waals surface area contributed by atoms with Crippen molar-refractivity contribution < 1.29 is 9.59 Å². The van der Waals surface area contributed by atoms with E-state index >= 15 is 0 Å². The predicted octanol–water partition coefficient (Wildman–Crippen LogP) is 1.99. The van der Waals surface area contributed by atoms with Crippen LogP contribution in [-0.2, 0) is 4.79 Å². The van der Waals surface area contributed by atoms with Gasteiger partial charge in [-0.15, -0.1) is 11.3 Å². The number of amides is 2. The Morgan fingerprint density at radius 2 is 1.90 bits per heavy atom. The summed E-state index contributed by atoms with van der Waals surface area (Å²) in [5, 5.41) is 13.8. The number of benzene rings is 1. The van der Waals surface area contributed by atoms with Crippen molar-refractivity contribution in [3.63, 3.8) is 0 Å². The number of carbonyl (C=O) groups excluding carboxylic acids is 2. The highest BCUT2D eigenvalue weighted by Gasteiger charge is 2.10. The van der Waals surface area contributed by atoms with E-state index in [1.165, 1.54) is 0 Å².